The fourth-order valence-corrected chi connectivity index (χ4v) is 3.52. The van der Waals surface area contributed by atoms with Crippen molar-refractivity contribution in [2.45, 2.75) is 11.6 Å². The third kappa shape index (κ3) is 3.94. The molecule has 3 rings (SSSR count). The van der Waals surface area contributed by atoms with Gasteiger partial charge in [-0.15, -0.1) is 10.2 Å². The summed E-state index contributed by atoms with van der Waals surface area (Å²) < 4.78 is 8.32. The number of benzene rings is 1. The van der Waals surface area contributed by atoms with Gasteiger partial charge in [-0.25, -0.2) is 9.47 Å². The lowest BCUT2D eigenvalue weighted by Gasteiger charge is -2.10. The molecule has 0 bridgehead atoms. The van der Waals surface area contributed by atoms with Crippen molar-refractivity contribution in [3.05, 3.63) is 62.1 Å². The highest BCUT2D eigenvalue weighted by Crippen LogP contribution is 2.19. The molecule has 2 aromatic heterocycles. The summed E-state index contributed by atoms with van der Waals surface area (Å²) in [5.41, 5.74) is 5.19. The molecule has 0 atom stereocenters. The summed E-state index contributed by atoms with van der Waals surface area (Å²) in [5, 5.41) is 8.39. The molecule has 0 aliphatic rings. The van der Waals surface area contributed by atoms with Gasteiger partial charge < -0.3 is 16.3 Å². The Morgan fingerprint density at radius 2 is 1.80 bits per heavy atom. The first-order valence-electron chi connectivity index (χ1n) is 8.78. The summed E-state index contributed by atoms with van der Waals surface area (Å²) in [5.74, 6) is 6.45. The minimum atomic E-state index is -0.740. The van der Waals surface area contributed by atoms with Crippen LogP contribution in [0.1, 0.15) is 21.7 Å². The van der Waals surface area contributed by atoms with Crippen molar-refractivity contribution >= 4 is 23.4 Å². The average molecular weight is 431 g/mol. The molecular weight excluding hydrogens is 410 g/mol. The molecule has 30 heavy (non-hydrogen) atoms. The molecule has 0 radical (unpaired) electrons. The summed E-state index contributed by atoms with van der Waals surface area (Å²) in [4.78, 5) is 36.8. The van der Waals surface area contributed by atoms with E-state index in [1.165, 1.54) is 18.8 Å². The maximum atomic E-state index is 12.6. The monoisotopic (exact) mass is 431 g/mol. The number of nitrogen functional groups attached to an aromatic ring is 2. The van der Waals surface area contributed by atoms with Crippen molar-refractivity contribution in [1.29, 1.82) is 0 Å². The standard InChI is InChI=1S/C18H21N7O4S/c1-23-15(19)14(16(27)24(2)18(23)28)12(26)9-30-17-22-21-13(25(17)20)8-10-4-6-11(29-3)7-5-10/h4-7H,8-9,19-20H2,1-3H3. The molecule has 0 saturated carbocycles. The molecule has 0 fully saturated rings. The molecule has 0 unspecified atom stereocenters. The number of Topliss-reactive ketones (excluding diaryl/α,β-unsaturated/α-hetero) is 1. The van der Waals surface area contributed by atoms with E-state index in [9.17, 15) is 14.4 Å². The van der Waals surface area contributed by atoms with Crippen molar-refractivity contribution in [1.82, 2.24) is 24.0 Å². The Kier molecular flexibility index (Phi) is 5.96. The van der Waals surface area contributed by atoms with Gasteiger partial charge in [-0.3, -0.25) is 18.7 Å². The van der Waals surface area contributed by atoms with Crippen molar-refractivity contribution in [3.63, 3.8) is 0 Å². The highest BCUT2D eigenvalue weighted by atomic mass is 32.2. The lowest BCUT2D eigenvalue weighted by atomic mass is 10.1. The first-order valence-corrected chi connectivity index (χ1v) is 9.77. The molecule has 0 aliphatic heterocycles. The molecule has 1 aromatic carbocycles. The van der Waals surface area contributed by atoms with Gasteiger partial charge >= 0.3 is 5.69 Å². The van der Waals surface area contributed by atoms with E-state index in [0.717, 1.165) is 32.2 Å². The average Bonchev–Trinajstić information content (AvgIpc) is 3.09. The third-order valence-corrected chi connectivity index (χ3v) is 5.52. The van der Waals surface area contributed by atoms with Crippen LogP contribution in [0.25, 0.3) is 0 Å². The van der Waals surface area contributed by atoms with Gasteiger partial charge in [0.25, 0.3) is 5.56 Å². The quantitative estimate of drug-likeness (QED) is 0.287. The summed E-state index contributed by atoms with van der Waals surface area (Å²) in [6.45, 7) is 0. The van der Waals surface area contributed by atoms with Gasteiger partial charge in [0.05, 0.1) is 12.9 Å². The van der Waals surface area contributed by atoms with Crippen LogP contribution in [0.5, 0.6) is 5.75 Å². The molecule has 0 saturated heterocycles. The number of nitrogens with zero attached hydrogens (tertiary/aromatic N) is 5. The Labute approximate surface area is 175 Å². The van der Waals surface area contributed by atoms with Gasteiger partial charge in [-0.1, -0.05) is 23.9 Å². The molecule has 2 heterocycles. The summed E-state index contributed by atoms with van der Waals surface area (Å²) in [6, 6.07) is 7.45. The van der Waals surface area contributed by atoms with Gasteiger partial charge in [0, 0.05) is 20.5 Å². The van der Waals surface area contributed by atoms with Crippen molar-refractivity contribution < 1.29 is 9.53 Å². The Bertz CT molecular complexity index is 1210. The largest absolute Gasteiger partial charge is 0.497 e. The van der Waals surface area contributed by atoms with E-state index >= 15 is 0 Å². The fraction of sp³-hybridized carbons (Fsp3) is 0.278. The van der Waals surface area contributed by atoms with E-state index in [1.807, 2.05) is 24.3 Å². The topological polar surface area (TPSA) is 153 Å². The van der Waals surface area contributed by atoms with Crippen LogP contribution in [0.15, 0.2) is 39.0 Å². The zero-order chi connectivity index (χ0) is 22.0. The molecule has 0 aliphatic carbocycles. The van der Waals surface area contributed by atoms with Crippen LogP contribution in [0.3, 0.4) is 0 Å². The maximum absolute atomic E-state index is 12.6. The van der Waals surface area contributed by atoms with E-state index in [2.05, 4.69) is 10.2 Å². The smallest absolute Gasteiger partial charge is 0.332 e. The summed E-state index contributed by atoms with van der Waals surface area (Å²) in [7, 11) is 4.27. The van der Waals surface area contributed by atoms with Crippen LogP contribution in [0.4, 0.5) is 5.82 Å². The predicted molar refractivity (Wildman–Crippen MR) is 112 cm³/mol. The molecule has 12 heteroatoms. The Hall–Kier alpha value is -3.54. The van der Waals surface area contributed by atoms with Gasteiger partial charge in [0.15, 0.2) is 11.6 Å². The van der Waals surface area contributed by atoms with Crippen LogP contribution in [0.2, 0.25) is 0 Å². The third-order valence-electron chi connectivity index (χ3n) is 4.58. The number of aromatic nitrogens is 5. The lowest BCUT2D eigenvalue weighted by molar-refractivity contribution is 0.102. The molecule has 0 amide bonds. The lowest BCUT2D eigenvalue weighted by Crippen LogP contribution is -2.41. The maximum Gasteiger partial charge on any atom is 0.332 e. The number of carbonyl (C=O) groups excluding carboxylic acids is 1. The number of rotatable bonds is 7. The first kappa shape index (κ1) is 21.2. The number of anilines is 1. The van der Waals surface area contributed by atoms with Gasteiger partial charge in [0.1, 0.15) is 17.1 Å². The van der Waals surface area contributed by atoms with Crippen molar-refractivity contribution in [3.8, 4) is 5.75 Å². The molecule has 158 valence electrons. The second kappa shape index (κ2) is 8.45. The number of hydrogen-bond acceptors (Lipinski definition) is 9. The van der Waals surface area contributed by atoms with Gasteiger partial charge in [0.2, 0.25) is 5.16 Å². The van der Waals surface area contributed by atoms with Gasteiger partial charge in [-0.2, -0.15) is 0 Å². The van der Waals surface area contributed by atoms with E-state index in [1.54, 1.807) is 7.11 Å². The Morgan fingerprint density at radius 3 is 2.43 bits per heavy atom. The second-order valence-corrected chi connectivity index (χ2v) is 7.41. The molecule has 3 aromatic rings. The van der Waals surface area contributed by atoms with E-state index < -0.39 is 17.0 Å². The van der Waals surface area contributed by atoms with E-state index in [0.29, 0.717) is 17.4 Å². The first-order chi connectivity index (χ1) is 14.2. The van der Waals surface area contributed by atoms with Crippen LogP contribution < -0.4 is 27.6 Å². The van der Waals surface area contributed by atoms with E-state index in [4.69, 9.17) is 16.3 Å². The minimum Gasteiger partial charge on any atom is -0.497 e. The van der Waals surface area contributed by atoms with Crippen molar-refractivity contribution in [2.75, 3.05) is 24.4 Å². The normalized spacial score (nSPS) is 10.9. The minimum absolute atomic E-state index is 0.143. The Balaban J connectivity index is 1.75. The number of carbonyl (C=O) groups is 1. The van der Waals surface area contributed by atoms with Crippen LogP contribution in [0, 0.1) is 0 Å². The Morgan fingerprint density at radius 1 is 1.13 bits per heavy atom. The zero-order valence-corrected chi connectivity index (χ0v) is 17.5. The van der Waals surface area contributed by atoms with Crippen LogP contribution in [-0.2, 0) is 20.5 Å². The molecule has 4 N–H and O–H groups in total. The van der Waals surface area contributed by atoms with Gasteiger partial charge in [-0.05, 0) is 17.7 Å². The summed E-state index contributed by atoms with van der Waals surface area (Å²) in [6.07, 6.45) is 0.441. The number of ketones is 1. The number of nitrogens with two attached hydrogens (primary N) is 2. The highest BCUT2D eigenvalue weighted by Gasteiger charge is 2.21. The second-order valence-electron chi connectivity index (χ2n) is 6.47. The predicted octanol–water partition coefficient (Wildman–Crippen LogP) is -0.454. The summed E-state index contributed by atoms with van der Waals surface area (Å²) >= 11 is 1.02. The number of hydrogen-bond donors (Lipinski definition) is 2. The zero-order valence-electron chi connectivity index (χ0n) is 16.7. The SMILES string of the molecule is COc1ccc(Cc2nnc(SCC(=O)c3c(N)n(C)c(=O)n(C)c3=O)n2N)cc1. The van der Waals surface area contributed by atoms with Crippen LogP contribution >= 0.6 is 11.8 Å². The molecule has 0 spiro atoms. The van der Waals surface area contributed by atoms with Crippen molar-refractivity contribution in [2.24, 2.45) is 14.1 Å². The highest BCUT2D eigenvalue weighted by molar-refractivity contribution is 7.99. The number of methoxy groups -OCH3 is 1. The number of thioether (sulfide) groups is 1. The number of ether oxygens (including phenoxy) is 1. The fourth-order valence-electron chi connectivity index (χ4n) is 2.78. The molecule has 11 nitrogen and oxygen atoms in total. The van der Waals surface area contributed by atoms with Crippen LogP contribution in [-0.4, -0.2) is 42.7 Å². The molecular formula is C18H21N7O4S. The van der Waals surface area contributed by atoms with E-state index in [-0.39, 0.29) is 17.1 Å².